The van der Waals surface area contributed by atoms with Gasteiger partial charge in [0.1, 0.15) is 0 Å². The standard InChI is InChI=1S/C18H28N2O.ClH/c1-3-16-12-8-5-9-13-20(16)18(21)14(2)17(19)15-10-6-4-7-11-15;/h4,6-7,10-11,14,16-17H,3,5,8-9,12-13,19H2,1-2H3;1H. The smallest absolute Gasteiger partial charge is 0.227 e. The van der Waals surface area contributed by atoms with E-state index in [1.807, 2.05) is 37.3 Å². The van der Waals surface area contributed by atoms with E-state index in [0.717, 1.165) is 31.4 Å². The lowest BCUT2D eigenvalue weighted by Gasteiger charge is -2.33. The van der Waals surface area contributed by atoms with Gasteiger partial charge in [0, 0.05) is 18.6 Å². The summed E-state index contributed by atoms with van der Waals surface area (Å²) in [6.07, 6.45) is 5.77. The Labute approximate surface area is 140 Å². The fourth-order valence-corrected chi connectivity index (χ4v) is 3.27. The second kappa shape index (κ2) is 9.16. The van der Waals surface area contributed by atoms with E-state index in [1.165, 1.54) is 12.8 Å². The molecule has 0 spiro atoms. The topological polar surface area (TPSA) is 46.3 Å². The molecule has 124 valence electrons. The predicted octanol–water partition coefficient (Wildman–Crippen LogP) is 3.93. The summed E-state index contributed by atoms with van der Waals surface area (Å²) >= 11 is 0. The molecule has 1 aliphatic heterocycles. The molecule has 2 rings (SSSR count). The Hall–Kier alpha value is -1.06. The SMILES string of the molecule is CCC1CCCCCN1C(=O)C(C)C(N)c1ccccc1.Cl. The third-order valence-corrected chi connectivity index (χ3v) is 4.74. The van der Waals surface area contributed by atoms with Gasteiger partial charge in [0.05, 0.1) is 5.92 Å². The molecule has 1 fully saturated rings. The third kappa shape index (κ3) is 4.47. The van der Waals surface area contributed by atoms with Crippen LogP contribution in [0.2, 0.25) is 0 Å². The number of nitrogens with two attached hydrogens (primary N) is 1. The van der Waals surface area contributed by atoms with E-state index in [0.29, 0.717) is 6.04 Å². The van der Waals surface area contributed by atoms with Crippen molar-refractivity contribution in [3.05, 3.63) is 35.9 Å². The van der Waals surface area contributed by atoms with Gasteiger partial charge in [-0.05, 0) is 24.8 Å². The van der Waals surface area contributed by atoms with Crippen LogP contribution in [0.4, 0.5) is 0 Å². The highest BCUT2D eigenvalue weighted by atomic mass is 35.5. The second-order valence-corrected chi connectivity index (χ2v) is 6.17. The summed E-state index contributed by atoms with van der Waals surface area (Å²) < 4.78 is 0. The van der Waals surface area contributed by atoms with Gasteiger partial charge < -0.3 is 10.6 Å². The Balaban J connectivity index is 0.00000242. The molecule has 1 aromatic rings. The van der Waals surface area contributed by atoms with Crippen LogP contribution >= 0.6 is 12.4 Å². The van der Waals surface area contributed by atoms with Crippen molar-refractivity contribution < 1.29 is 4.79 Å². The summed E-state index contributed by atoms with van der Waals surface area (Å²) in [6.45, 7) is 5.04. The van der Waals surface area contributed by atoms with E-state index in [9.17, 15) is 4.79 Å². The fraction of sp³-hybridized carbons (Fsp3) is 0.611. The number of carbonyl (C=O) groups is 1. The second-order valence-electron chi connectivity index (χ2n) is 6.17. The van der Waals surface area contributed by atoms with Crippen molar-refractivity contribution in [2.45, 2.75) is 58.0 Å². The van der Waals surface area contributed by atoms with E-state index >= 15 is 0 Å². The summed E-state index contributed by atoms with van der Waals surface area (Å²) in [6, 6.07) is 10.1. The van der Waals surface area contributed by atoms with E-state index in [4.69, 9.17) is 5.73 Å². The molecule has 1 aliphatic rings. The van der Waals surface area contributed by atoms with Gasteiger partial charge in [-0.25, -0.2) is 0 Å². The zero-order valence-electron chi connectivity index (χ0n) is 13.7. The van der Waals surface area contributed by atoms with Gasteiger partial charge in [0.15, 0.2) is 0 Å². The maximum Gasteiger partial charge on any atom is 0.227 e. The van der Waals surface area contributed by atoms with Crippen LogP contribution in [0.3, 0.4) is 0 Å². The molecule has 1 aromatic carbocycles. The van der Waals surface area contributed by atoms with Crippen molar-refractivity contribution in [2.75, 3.05) is 6.54 Å². The lowest BCUT2D eigenvalue weighted by molar-refractivity contribution is -0.138. The summed E-state index contributed by atoms with van der Waals surface area (Å²) in [5, 5.41) is 0. The number of carbonyl (C=O) groups excluding carboxylic acids is 1. The number of hydrogen-bond acceptors (Lipinski definition) is 2. The fourth-order valence-electron chi connectivity index (χ4n) is 3.27. The normalized spacial score (nSPS) is 21.4. The number of likely N-dealkylation sites (tertiary alicyclic amines) is 1. The zero-order chi connectivity index (χ0) is 15.2. The lowest BCUT2D eigenvalue weighted by atomic mass is 9.93. The van der Waals surface area contributed by atoms with Crippen LogP contribution in [0.5, 0.6) is 0 Å². The molecule has 0 bridgehead atoms. The molecular formula is C18H29ClN2O. The highest BCUT2D eigenvalue weighted by molar-refractivity contribution is 5.85. The number of amides is 1. The Bertz CT molecular complexity index is 452. The van der Waals surface area contributed by atoms with Crippen LogP contribution < -0.4 is 5.73 Å². The largest absolute Gasteiger partial charge is 0.339 e. The molecule has 0 aromatic heterocycles. The van der Waals surface area contributed by atoms with Crippen molar-refractivity contribution >= 4 is 18.3 Å². The molecule has 0 aliphatic carbocycles. The van der Waals surface area contributed by atoms with Gasteiger partial charge in [-0.3, -0.25) is 4.79 Å². The number of nitrogens with zero attached hydrogens (tertiary/aromatic N) is 1. The first-order valence-electron chi connectivity index (χ1n) is 8.26. The molecule has 22 heavy (non-hydrogen) atoms. The van der Waals surface area contributed by atoms with Gasteiger partial charge in [-0.15, -0.1) is 12.4 Å². The molecule has 3 atom stereocenters. The van der Waals surface area contributed by atoms with Gasteiger partial charge in [-0.2, -0.15) is 0 Å². The molecule has 4 heteroatoms. The Morgan fingerprint density at radius 3 is 2.59 bits per heavy atom. The quantitative estimate of drug-likeness (QED) is 0.912. The van der Waals surface area contributed by atoms with E-state index in [-0.39, 0.29) is 30.3 Å². The van der Waals surface area contributed by atoms with Gasteiger partial charge >= 0.3 is 0 Å². The average Bonchev–Trinajstić information content (AvgIpc) is 2.78. The maximum absolute atomic E-state index is 12.9. The number of halogens is 1. The molecule has 3 nitrogen and oxygen atoms in total. The molecule has 1 heterocycles. The Kier molecular flexibility index (Phi) is 7.91. The highest BCUT2D eigenvalue weighted by Crippen LogP contribution is 2.26. The van der Waals surface area contributed by atoms with Gasteiger partial charge in [0.2, 0.25) is 5.91 Å². The molecule has 0 radical (unpaired) electrons. The summed E-state index contributed by atoms with van der Waals surface area (Å²) in [4.78, 5) is 15.0. The van der Waals surface area contributed by atoms with Gasteiger partial charge in [0.25, 0.3) is 0 Å². The van der Waals surface area contributed by atoms with Crippen LogP contribution in [0.1, 0.15) is 57.6 Å². The van der Waals surface area contributed by atoms with Crippen molar-refractivity contribution in [1.82, 2.24) is 4.90 Å². The molecular weight excluding hydrogens is 296 g/mol. The predicted molar refractivity (Wildman–Crippen MR) is 94.0 cm³/mol. The van der Waals surface area contributed by atoms with Crippen LogP contribution in [0.25, 0.3) is 0 Å². The van der Waals surface area contributed by atoms with Gasteiger partial charge in [-0.1, -0.05) is 57.0 Å². The zero-order valence-corrected chi connectivity index (χ0v) is 14.5. The van der Waals surface area contributed by atoms with Crippen molar-refractivity contribution in [2.24, 2.45) is 11.7 Å². The highest BCUT2D eigenvalue weighted by Gasteiger charge is 2.30. The van der Waals surface area contributed by atoms with Crippen LogP contribution in [0.15, 0.2) is 30.3 Å². The lowest BCUT2D eigenvalue weighted by Crippen LogP contribution is -2.44. The van der Waals surface area contributed by atoms with Crippen LogP contribution in [-0.4, -0.2) is 23.4 Å². The number of benzene rings is 1. The van der Waals surface area contributed by atoms with E-state index in [2.05, 4.69) is 11.8 Å². The minimum Gasteiger partial charge on any atom is -0.339 e. The summed E-state index contributed by atoms with van der Waals surface area (Å²) in [7, 11) is 0. The van der Waals surface area contributed by atoms with E-state index < -0.39 is 0 Å². The Morgan fingerprint density at radius 1 is 1.27 bits per heavy atom. The van der Waals surface area contributed by atoms with Crippen molar-refractivity contribution in [1.29, 1.82) is 0 Å². The first-order chi connectivity index (χ1) is 10.1. The number of rotatable bonds is 4. The average molecular weight is 325 g/mol. The monoisotopic (exact) mass is 324 g/mol. The van der Waals surface area contributed by atoms with Crippen molar-refractivity contribution in [3.63, 3.8) is 0 Å². The van der Waals surface area contributed by atoms with Crippen LogP contribution in [-0.2, 0) is 4.79 Å². The number of hydrogen-bond donors (Lipinski definition) is 1. The van der Waals surface area contributed by atoms with Crippen molar-refractivity contribution in [3.8, 4) is 0 Å². The summed E-state index contributed by atoms with van der Waals surface area (Å²) in [5.41, 5.74) is 7.37. The molecule has 0 saturated carbocycles. The third-order valence-electron chi connectivity index (χ3n) is 4.74. The molecule has 1 saturated heterocycles. The van der Waals surface area contributed by atoms with E-state index in [1.54, 1.807) is 0 Å². The Morgan fingerprint density at radius 2 is 1.95 bits per heavy atom. The van der Waals surface area contributed by atoms with Crippen LogP contribution in [0, 0.1) is 5.92 Å². The first-order valence-corrected chi connectivity index (χ1v) is 8.26. The molecule has 1 amide bonds. The molecule has 2 N–H and O–H groups in total. The molecule has 3 unspecified atom stereocenters. The minimum atomic E-state index is -0.223. The minimum absolute atomic E-state index is 0. The first kappa shape index (κ1) is 19.0. The summed E-state index contributed by atoms with van der Waals surface area (Å²) in [5.74, 6) is 0.0552. The maximum atomic E-state index is 12.9.